The van der Waals surface area contributed by atoms with Crippen molar-refractivity contribution >= 4 is 44.4 Å². The lowest BCUT2D eigenvalue weighted by Gasteiger charge is -2.19. The van der Waals surface area contributed by atoms with Crippen LogP contribution in [0.5, 0.6) is 17.4 Å². The number of carbonyl (C=O) groups excluding carboxylic acids is 1. The molecule has 198 valence electrons. The van der Waals surface area contributed by atoms with Crippen molar-refractivity contribution < 1.29 is 28.1 Å². The van der Waals surface area contributed by atoms with Gasteiger partial charge in [-0.2, -0.15) is 0 Å². The Morgan fingerprint density at radius 1 is 1.10 bits per heavy atom. The van der Waals surface area contributed by atoms with E-state index in [-0.39, 0.29) is 12.2 Å². The molecule has 10 nitrogen and oxygen atoms in total. The van der Waals surface area contributed by atoms with Crippen molar-refractivity contribution in [2.45, 2.75) is 19.6 Å². The highest BCUT2D eigenvalue weighted by atomic mass is 32.1. The molecule has 2 aromatic carbocycles. The Balaban J connectivity index is 1.31. The van der Waals surface area contributed by atoms with E-state index in [4.69, 9.17) is 23.9 Å². The van der Waals surface area contributed by atoms with E-state index in [0.717, 1.165) is 15.8 Å². The molecule has 0 unspecified atom stereocenters. The maximum absolute atomic E-state index is 15.1. The Bertz CT molecular complexity index is 1760. The van der Waals surface area contributed by atoms with E-state index >= 15 is 4.39 Å². The maximum Gasteiger partial charge on any atom is 0.417 e. The second kappa shape index (κ2) is 9.62. The molecule has 1 aliphatic heterocycles. The minimum Gasteiger partial charge on any atom is -0.495 e. The topological polar surface area (TPSA) is 109 Å². The number of rotatable bonds is 5. The summed E-state index contributed by atoms with van der Waals surface area (Å²) in [5, 5.41) is 0.664. The number of aryl methyl sites for hydroxylation is 1. The quantitative estimate of drug-likeness (QED) is 0.290. The zero-order valence-corrected chi connectivity index (χ0v) is 22.2. The lowest BCUT2D eigenvalue weighted by molar-refractivity contribution is -0.0144. The van der Waals surface area contributed by atoms with Crippen LogP contribution in [0.15, 0.2) is 42.9 Å². The molecule has 6 rings (SSSR count). The van der Waals surface area contributed by atoms with Gasteiger partial charge in [-0.15, -0.1) is 11.3 Å². The number of benzene rings is 2. The number of methoxy groups -OCH3 is 2. The lowest BCUT2D eigenvalue weighted by Crippen LogP contribution is -2.32. The smallest absolute Gasteiger partial charge is 0.417 e. The fourth-order valence-electron chi connectivity index (χ4n) is 4.42. The highest BCUT2D eigenvalue weighted by Crippen LogP contribution is 2.43. The van der Waals surface area contributed by atoms with Gasteiger partial charge in [-0.3, -0.25) is 9.88 Å². The van der Waals surface area contributed by atoms with Gasteiger partial charge in [0.1, 0.15) is 10.8 Å². The normalized spacial score (nSPS) is 14.2. The van der Waals surface area contributed by atoms with E-state index < -0.39 is 18.2 Å². The third kappa shape index (κ3) is 4.42. The number of halogens is 1. The van der Waals surface area contributed by atoms with Crippen molar-refractivity contribution in [1.82, 2.24) is 19.9 Å². The van der Waals surface area contributed by atoms with Gasteiger partial charge in [-0.05, 0) is 24.6 Å². The standard InChI is InChI=1S/C27H22FN5O5S/c1-13-5-16(23-19(6-13)31-21(36-4)12-30-23)26-32-20-9-18(28)24-17(25(20)39-26)8-22(37-24)38-27(34)33(2)14-7-15(35-3)11-29-10-14/h5-7,9-12,22H,8H2,1-4H3/t22-/m1/s1. The van der Waals surface area contributed by atoms with Gasteiger partial charge in [0.15, 0.2) is 11.6 Å². The van der Waals surface area contributed by atoms with E-state index in [1.165, 1.54) is 48.9 Å². The fraction of sp³-hybridized carbons (Fsp3) is 0.222. The molecule has 3 aromatic heterocycles. The van der Waals surface area contributed by atoms with Crippen LogP contribution >= 0.6 is 11.3 Å². The van der Waals surface area contributed by atoms with Gasteiger partial charge in [0.05, 0.1) is 66.2 Å². The molecule has 0 radical (unpaired) electrons. The summed E-state index contributed by atoms with van der Waals surface area (Å²) in [5.74, 6) is 0.389. The van der Waals surface area contributed by atoms with Crippen molar-refractivity contribution in [2.24, 2.45) is 0 Å². The van der Waals surface area contributed by atoms with Crippen LogP contribution in [0, 0.1) is 12.7 Å². The molecule has 0 bridgehead atoms. The summed E-state index contributed by atoms with van der Waals surface area (Å²) < 4.78 is 37.5. The molecule has 1 atom stereocenters. The zero-order valence-electron chi connectivity index (χ0n) is 21.4. The molecule has 4 heterocycles. The van der Waals surface area contributed by atoms with Crippen molar-refractivity contribution in [2.75, 3.05) is 26.2 Å². The van der Waals surface area contributed by atoms with Crippen LogP contribution in [0.25, 0.3) is 31.8 Å². The number of aromatic nitrogens is 4. The highest BCUT2D eigenvalue weighted by Gasteiger charge is 2.33. The number of hydrogen-bond donors (Lipinski definition) is 0. The maximum atomic E-state index is 15.1. The molecule has 0 saturated carbocycles. The first-order valence-corrected chi connectivity index (χ1v) is 12.7. The molecule has 0 spiro atoms. The van der Waals surface area contributed by atoms with Gasteiger partial charge >= 0.3 is 6.09 Å². The minimum atomic E-state index is -1.00. The van der Waals surface area contributed by atoms with Crippen LogP contribution in [0.1, 0.15) is 11.1 Å². The van der Waals surface area contributed by atoms with E-state index in [0.29, 0.717) is 44.4 Å². The van der Waals surface area contributed by atoms with Crippen molar-refractivity contribution in [1.29, 1.82) is 0 Å². The van der Waals surface area contributed by atoms with Crippen LogP contribution < -0.4 is 19.1 Å². The molecule has 0 N–H and O–H groups in total. The summed E-state index contributed by atoms with van der Waals surface area (Å²) in [6, 6.07) is 6.88. The molecule has 0 fully saturated rings. The first-order chi connectivity index (χ1) is 18.8. The van der Waals surface area contributed by atoms with Gasteiger partial charge in [-0.25, -0.2) is 24.1 Å². The Labute approximate surface area is 226 Å². The van der Waals surface area contributed by atoms with Crippen LogP contribution in [0.2, 0.25) is 0 Å². The van der Waals surface area contributed by atoms with Crippen molar-refractivity contribution in [3.63, 3.8) is 0 Å². The number of anilines is 1. The van der Waals surface area contributed by atoms with Gasteiger partial charge in [0, 0.05) is 30.3 Å². The van der Waals surface area contributed by atoms with Gasteiger partial charge in [0.25, 0.3) is 6.29 Å². The summed E-state index contributed by atoms with van der Waals surface area (Å²) in [7, 11) is 4.59. The van der Waals surface area contributed by atoms with Crippen molar-refractivity contribution in [3.8, 4) is 28.0 Å². The molecular formula is C27H22FN5O5S. The van der Waals surface area contributed by atoms with Crippen LogP contribution in [0.4, 0.5) is 14.9 Å². The number of amides is 1. The first-order valence-electron chi connectivity index (χ1n) is 11.9. The second-order valence-corrected chi connectivity index (χ2v) is 9.90. The molecule has 5 aromatic rings. The summed E-state index contributed by atoms with van der Waals surface area (Å²) >= 11 is 1.40. The number of fused-ring (bicyclic) bond motifs is 4. The largest absolute Gasteiger partial charge is 0.495 e. The minimum absolute atomic E-state index is 0.0554. The number of thiazole rings is 1. The molecular weight excluding hydrogens is 525 g/mol. The van der Waals surface area contributed by atoms with Crippen molar-refractivity contribution in [3.05, 3.63) is 59.8 Å². The summed E-state index contributed by atoms with van der Waals surface area (Å²) in [4.78, 5) is 31.9. The predicted molar refractivity (Wildman–Crippen MR) is 143 cm³/mol. The average Bonchev–Trinajstić information content (AvgIpc) is 3.56. The van der Waals surface area contributed by atoms with E-state index in [9.17, 15) is 4.79 Å². The monoisotopic (exact) mass is 547 g/mol. The Morgan fingerprint density at radius 2 is 1.95 bits per heavy atom. The van der Waals surface area contributed by atoms with Gasteiger partial charge in [0.2, 0.25) is 5.88 Å². The summed E-state index contributed by atoms with van der Waals surface area (Å²) in [6.07, 6.45) is 3.08. The molecule has 1 amide bonds. The molecule has 12 heteroatoms. The van der Waals surface area contributed by atoms with Gasteiger partial charge < -0.3 is 18.9 Å². The summed E-state index contributed by atoms with van der Waals surface area (Å²) in [5.41, 5.74) is 4.65. The molecule has 0 saturated heterocycles. The SMILES string of the molecule is COc1cncc(N(C)C(=O)O[C@@H]2Cc3c(c(F)cc4nc(-c5cc(C)cc6nc(OC)cnc56)sc34)O2)c1. The predicted octanol–water partition coefficient (Wildman–Crippen LogP) is 5.30. The number of carbonyl (C=O) groups is 1. The number of pyridine rings is 1. The molecule has 39 heavy (non-hydrogen) atoms. The third-order valence-corrected chi connectivity index (χ3v) is 7.50. The van der Waals surface area contributed by atoms with E-state index in [1.807, 2.05) is 19.1 Å². The summed E-state index contributed by atoms with van der Waals surface area (Å²) in [6.45, 7) is 1.96. The number of hydrogen-bond acceptors (Lipinski definition) is 10. The Morgan fingerprint density at radius 3 is 2.74 bits per heavy atom. The van der Waals surface area contributed by atoms with E-state index in [2.05, 4.69) is 15.0 Å². The average molecular weight is 548 g/mol. The van der Waals surface area contributed by atoms with E-state index in [1.54, 1.807) is 19.3 Å². The van der Waals surface area contributed by atoms with Crippen LogP contribution in [-0.2, 0) is 11.2 Å². The highest BCUT2D eigenvalue weighted by molar-refractivity contribution is 7.22. The van der Waals surface area contributed by atoms with Gasteiger partial charge in [-0.1, -0.05) is 0 Å². The molecule has 0 aliphatic carbocycles. The zero-order chi connectivity index (χ0) is 27.3. The number of ether oxygens (including phenoxy) is 4. The fourth-order valence-corrected chi connectivity index (χ4v) is 5.53. The molecule has 1 aliphatic rings. The Kier molecular flexibility index (Phi) is 6.10. The first kappa shape index (κ1) is 24.7. The lowest BCUT2D eigenvalue weighted by atomic mass is 10.1. The van der Waals surface area contributed by atoms with Crippen LogP contribution in [0.3, 0.4) is 0 Å². The Hall–Kier alpha value is -4.58. The third-order valence-electron chi connectivity index (χ3n) is 6.34. The second-order valence-electron chi connectivity index (χ2n) is 8.90. The van der Waals surface area contributed by atoms with Crippen LogP contribution in [-0.4, -0.2) is 53.6 Å². The number of nitrogens with zero attached hydrogens (tertiary/aromatic N) is 5.